The number of carboxylic acids is 2. The van der Waals surface area contributed by atoms with Crippen molar-refractivity contribution in [1.82, 2.24) is 57.8 Å². The third kappa shape index (κ3) is 37.6. The van der Waals surface area contributed by atoms with Gasteiger partial charge in [0, 0.05) is 58.4 Å². The van der Waals surface area contributed by atoms with E-state index in [9.17, 15) is 67.7 Å². The summed E-state index contributed by atoms with van der Waals surface area (Å²) in [6, 6.07) is -8.21. The zero-order chi connectivity index (χ0) is 63.2. The molecule has 0 aliphatic heterocycles. The first-order valence-corrected chi connectivity index (χ1v) is 29.5. The van der Waals surface area contributed by atoms with Crippen molar-refractivity contribution in [1.29, 1.82) is 0 Å². The van der Waals surface area contributed by atoms with Gasteiger partial charge in [-0.25, -0.2) is 9.78 Å². The van der Waals surface area contributed by atoms with Gasteiger partial charge in [-0.15, -0.1) is 0 Å². The lowest BCUT2D eigenvalue weighted by molar-refractivity contribution is -0.142. The average molecular weight is 1210 g/mol. The molecule has 0 bridgehead atoms. The molecule has 1 rings (SSSR count). The number of imidazole rings is 1. The summed E-state index contributed by atoms with van der Waals surface area (Å²) in [5.41, 5.74) is 11.5. The predicted molar refractivity (Wildman–Crippen MR) is 308 cm³/mol. The first kappa shape index (κ1) is 75.7. The zero-order valence-electron chi connectivity index (χ0n) is 49.4. The van der Waals surface area contributed by atoms with Crippen molar-refractivity contribution in [3.05, 3.63) is 18.2 Å². The maximum Gasteiger partial charge on any atom is 0.326 e. The van der Waals surface area contributed by atoms with Crippen LogP contribution in [0.4, 0.5) is 0 Å². The van der Waals surface area contributed by atoms with Crippen LogP contribution in [0.5, 0.6) is 0 Å². The Morgan fingerprint density at radius 1 is 0.541 bits per heavy atom. The number of aromatic amines is 1. The van der Waals surface area contributed by atoms with Crippen LogP contribution in [0.2, 0.25) is 0 Å². The second-order valence-electron chi connectivity index (χ2n) is 20.4. The van der Waals surface area contributed by atoms with Gasteiger partial charge in [-0.2, -0.15) is 0 Å². The summed E-state index contributed by atoms with van der Waals surface area (Å²) >= 11 is 0. The van der Waals surface area contributed by atoms with Crippen molar-refractivity contribution in [3.63, 3.8) is 0 Å². The highest BCUT2D eigenvalue weighted by Gasteiger charge is 2.33. The van der Waals surface area contributed by atoms with Crippen molar-refractivity contribution in [2.45, 2.75) is 197 Å². The van der Waals surface area contributed by atoms with E-state index in [0.717, 1.165) is 64.2 Å². The van der Waals surface area contributed by atoms with Gasteiger partial charge in [0.25, 0.3) is 0 Å². The number of aliphatic hydroxyl groups is 1. The summed E-state index contributed by atoms with van der Waals surface area (Å²) in [6.07, 6.45) is 18.1. The Hall–Kier alpha value is -7.31. The molecule has 30 heteroatoms. The Balaban J connectivity index is 2.47. The van der Waals surface area contributed by atoms with E-state index in [2.05, 4.69) is 57.8 Å². The summed E-state index contributed by atoms with van der Waals surface area (Å²) in [5, 5.41) is 50.2. The first-order chi connectivity index (χ1) is 40.7. The molecule has 0 aliphatic carbocycles. The number of carbonyl (C=O) groups is 12. The Morgan fingerprint density at radius 2 is 1.06 bits per heavy atom. The topological polar surface area (TPSA) is 473 Å². The third-order valence-corrected chi connectivity index (χ3v) is 13.3. The number of carboxylic acid groups (broad SMARTS) is 2. The monoisotopic (exact) mass is 1210 g/mol. The molecule has 0 aliphatic rings. The lowest BCUT2D eigenvalue weighted by Crippen LogP contribution is -2.61. The van der Waals surface area contributed by atoms with Crippen LogP contribution in [0.3, 0.4) is 0 Å². The van der Waals surface area contributed by atoms with Crippen LogP contribution in [0.15, 0.2) is 12.5 Å². The number of rotatable bonds is 52. The predicted octanol–water partition coefficient (Wildman–Crippen LogP) is -1.53. The van der Waals surface area contributed by atoms with E-state index in [0.29, 0.717) is 25.0 Å². The fraction of sp³-hybridized carbons (Fsp3) is 0.727. The summed E-state index contributed by atoms with van der Waals surface area (Å²) < 4.78 is 10.6. The number of carbonyl (C=O) groups excluding carboxylic acids is 10. The summed E-state index contributed by atoms with van der Waals surface area (Å²) in [4.78, 5) is 157. The molecule has 0 radical (unpaired) electrons. The fourth-order valence-corrected chi connectivity index (χ4v) is 8.44. The van der Waals surface area contributed by atoms with Crippen molar-refractivity contribution in [3.8, 4) is 0 Å². The number of hydrogen-bond donors (Lipinski definition) is 15. The van der Waals surface area contributed by atoms with Gasteiger partial charge < -0.3 is 89.1 Å². The molecule has 17 N–H and O–H groups in total. The molecular formula is C55H95N13O17. The molecule has 0 saturated heterocycles. The SMILES string of the molecule is CCCC[C@H](NC(=O)[C@H](CN)NC(=O)[C@H](Cc1c[nH]cn1)NC(=O)[C@H](CCC(N)=O)NC(=O)[C@H](CO)NC(=O)CNC(=O)COCCOCCNC(=O)CC[C@H](NC(=O)CCCCCCCCCCCCCCCCC(=O)O)C(=O)O)C(=O)NC. The number of amides is 10. The molecule has 6 atom stereocenters. The van der Waals surface area contributed by atoms with Gasteiger partial charge in [-0.05, 0) is 32.1 Å². The summed E-state index contributed by atoms with van der Waals surface area (Å²) in [5.74, 6) is -9.57. The van der Waals surface area contributed by atoms with Crippen LogP contribution in [-0.4, -0.2) is 192 Å². The van der Waals surface area contributed by atoms with Gasteiger partial charge in [-0.3, -0.25) is 52.7 Å². The van der Waals surface area contributed by atoms with Crippen molar-refractivity contribution in [2.24, 2.45) is 11.5 Å². The van der Waals surface area contributed by atoms with Gasteiger partial charge in [0.05, 0.1) is 45.0 Å². The molecule has 1 aromatic rings. The molecular weight excluding hydrogens is 1110 g/mol. The van der Waals surface area contributed by atoms with Crippen LogP contribution in [-0.2, 0) is 73.4 Å². The minimum atomic E-state index is -1.68. The second-order valence-corrected chi connectivity index (χ2v) is 20.4. The van der Waals surface area contributed by atoms with E-state index in [4.69, 9.17) is 26.0 Å². The van der Waals surface area contributed by atoms with Gasteiger partial charge >= 0.3 is 11.9 Å². The Bertz CT molecular complexity index is 2190. The number of H-pyrrole nitrogens is 1. The molecule has 85 heavy (non-hydrogen) atoms. The minimum Gasteiger partial charge on any atom is -0.481 e. The maximum absolute atomic E-state index is 13.8. The standard InChI is InChI=1S/C55H95N13O17/c1-3-4-19-38(50(77)58-2)65-53(80)42(31-56)68-52(79)41(30-37-32-59-36-62-37)67-51(78)39(22-24-44(57)70)66-54(81)43(34-69)64-47(73)33-61-48(74)35-85-29-28-84-27-26-60-45(71)25-23-40(55(82)83)63-46(72)20-17-15-13-11-9-7-5-6-8-10-12-14-16-18-21-49(75)76/h32,36,38-43,69H,3-31,33-35,56H2,1-2H3,(H2,57,70)(H,58,77)(H,59,62)(H,60,71)(H,61,74)(H,63,72)(H,64,73)(H,65,80)(H,66,81)(H,67,78)(H,68,79)(H,75,76)(H,82,83)/t38-,39-,40-,41-,42-,43-/m0/s1. The van der Waals surface area contributed by atoms with Crippen LogP contribution in [0.1, 0.15) is 160 Å². The molecule has 0 spiro atoms. The molecule has 1 aromatic heterocycles. The molecule has 0 saturated carbocycles. The van der Waals surface area contributed by atoms with Crippen LogP contribution < -0.4 is 59.3 Å². The highest BCUT2D eigenvalue weighted by Crippen LogP contribution is 2.14. The number of primary amides is 1. The van der Waals surface area contributed by atoms with Gasteiger partial charge in [-0.1, -0.05) is 96.8 Å². The van der Waals surface area contributed by atoms with E-state index in [1.165, 1.54) is 45.3 Å². The van der Waals surface area contributed by atoms with E-state index in [1.54, 1.807) is 0 Å². The molecule has 0 aromatic carbocycles. The molecule has 1 heterocycles. The number of aliphatic carboxylic acids is 2. The number of nitrogens with zero attached hydrogens (tertiary/aromatic N) is 1. The lowest BCUT2D eigenvalue weighted by atomic mass is 10.0. The van der Waals surface area contributed by atoms with E-state index >= 15 is 0 Å². The lowest BCUT2D eigenvalue weighted by Gasteiger charge is -2.26. The average Bonchev–Trinajstić information content (AvgIpc) is 4.04. The van der Waals surface area contributed by atoms with Crippen molar-refractivity contribution >= 4 is 71.0 Å². The highest BCUT2D eigenvalue weighted by atomic mass is 16.5. The largest absolute Gasteiger partial charge is 0.481 e. The quantitative estimate of drug-likeness (QED) is 0.0329. The van der Waals surface area contributed by atoms with Crippen LogP contribution in [0, 0.1) is 0 Å². The van der Waals surface area contributed by atoms with Gasteiger partial charge in [0.15, 0.2) is 0 Å². The van der Waals surface area contributed by atoms with E-state index in [-0.39, 0.29) is 64.4 Å². The van der Waals surface area contributed by atoms with E-state index in [1.807, 2.05) is 6.92 Å². The van der Waals surface area contributed by atoms with Crippen molar-refractivity contribution < 1.29 is 82.3 Å². The molecule has 0 unspecified atom stereocenters. The maximum atomic E-state index is 13.8. The molecule has 0 fully saturated rings. The third-order valence-electron chi connectivity index (χ3n) is 13.3. The Morgan fingerprint density at radius 3 is 1.60 bits per heavy atom. The first-order valence-electron chi connectivity index (χ1n) is 29.5. The number of nitrogens with one attached hydrogen (secondary N) is 10. The minimum absolute atomic E-state index is 0.0108. The number of likely N-dealkylation sites (N-methyl/N-ethyl adjacent to an activating group) is 1. The second kappa shape index (κ2) is 47.0. The normalized spacial score (nSPS) is 13.1. The smallest absolute Gasteiger partial charge is 0.326 e. The number of aliphatic hydroxyl groups excluding tert-OH is 1. The Kier molecular flexibility index (Phi) is 41.9. The Labute approximate surface area is 496 Å². The number of unbranched alkanes of at least 4 members (excludes halogenated alkanes) is 14. The van der Waals surface area contributed by atoms with Crippen LogP contribution in [0.25, 0.3) is 0 Å². The van der Waals surface area contributed by atoms with Gasteiger partial charge in [0.2, 0.25) is 59.1 Å². The van der Waals surface area contributed by atoms with E-state index < -0.39 is 140 Å². The zero-order valence-corrected chi connectivity index (χ0v) is 49.4. The molecule has 30 nitrogen and oxygen atoms in total. The number of aromatic nitrogens is 2. The highest BCUT2D eigenvalue weighted by molar-refractivity contribution is 5.97. The number of nitrogens with two attached hydrogens (primary N) is 2. The molecule has 10 amide bonds. The van der Waals surface area contributed by atoms with Crippen molar-refractivity contribution in [2.75, 3.05) is 59.7 Å². The van der Waals surface area contributed by atoms with Gasteiger partial charge in [0.1, 0.15) is 42.9 Å². The summed E-state index contributed by atoms with van der Waals surface area (Å²) in [7, 11) is 1.41. The number of ether oxygens (including phenoxy) is 2. The van der Waals surface area contributed by atoms with Crippen LogP contribution >= 0.6 is 0 Å². The summed E-state index contributed by atoms with van der Waals surface area (Å²) in [6.45, 7) is -0.563. The number of hydrogen-bond acceptors (Lipinski definition) is 17. The fourth-order valence-electron chi connectivity index (χ4n) is 8.44. The molecule has 482 valence electrons.